The first kappa shape index (κ1) is 21.9. The summed E-state index contributed by atoms with van der Waals surface area (Å²) >= 11 is 0. The lowest BCUT2D eigenvalue weighted by Gasteiger charge is -2.32. The molecule has 0 heterocycles. The van der Waals surface area contributed by atoms with Gasteiger partial charge >= 0.3 is 5.97 Å². The molecular weight excluding hydrogens is 382 g/mol. The number of rotatable bonds is 7. The summed E-state index contributed by atoms with van der Waals surface area (Å²) in [6.45, 7) is 2.62. The number of benzene rings is 1. The van der Waals surface area contributed by atoms with Crippen molar-refractivity contribution in [1.82, 2.24) is 10.0 Å². The van der Waals surface area contributed by atoms with Gasteiger partial charge in [0.1, 0.15) is 12.1 Å². The number of hydrogen-bond donors (Lipinski definition) is 2. The number of carbonyl (C=O) groups excluding carboxylic acids is 2. The number of ether oxygens (including phenoxy) is 1. The minimum absolute atomic E-state index is 0.0324. The summed E-state index contributed by atoms with van der Waals surface area (Å²) in [5.41, 5.74) is -0.0189. The first-order valence-electron chi connectivity index (χ1n) is 9.16. The van der Waals surface area contributed by atoms with Crippen molar-refractivity contribution in [3.05, 3.63) is 29.8 Å². The monoisotopic (exact) mass is 407 g/mol. The summed E-state index contributed by atoms with van der Waals surface area (Å²) in [4.78, 5) is 24.3. The lowest BCUT2D eigenvalue weighted by molar-refractivity contribution is -0.154. The van der Waals surface area contributed by atoms with E-state index in [0.29, 0.717) is 12.8 Å². The molecule has 2 rings (SSSR count). The smallest absolute Gasteiger partial charge is 0.321 e. The molecular formula is C19H25N3O5S. The summed E-state index contributed by atoms with van der Waals surface area (Å²) in [5, 5.41) is 12.1. The molecule has 0 unspecified atom stereocenters. The first-order chi connectivity index (χ1) is 13.2. The van der Waals surface area contributed by atoms with Gasteiger partial charge in [0.2, 0.25) is 10.0 Å². The van der Waals surface area contributed by atoms with Gasteiger partial charge in [-0.05, 0) is 38.8 Å². The molecule has 1 aromatic carbocycles. The van der Waals surface area contributed by atoms with Gasteiger partial charge in [-0.1, -0.05) is 37.0 Å². The number of amides is 1. The normalized spacial score (nSPS) is 17.2. The molecule has 2 N–H and O–H groups in total. The Bertz CT molecular complexity index is 853. The van der Waals surface area contributed by atoms with Crippen molar-refractivity contribution in [2.75, 3.05) is 6.54 Å². The summed E-state index contributed by atoms with van der Waals surface area (Å²) < 4.78 is 31.5. The highest BCUT2D eigenvalue weighted by molar-refractivity contribution is 7.89. The molecule has 152 valence electrons. The summed E-state index contributed by atoms with van der Waals surface area (Å²) in [6.07, 6.45) is 2.71. The molecule has 1 aliphatic carbocycles. The molecule has 0 spiro atoms. The fourth-order valence-electron chi connectivity index (χ4n) is 3.00. The minimum atomic E-state index is -3.86. The number of esters is 1. The van der Waals surface area contributed by atoms with Gasteiger partial charge in [-0.2, -0.15) is 9.98 Å². The zero-order chi connectivity index (χ0) is 20.8. The third kappa shape index (κ3) is 5.78. The van der Waals surface area contributed by atoms with Crippen LogP contribution in [0.3, 0.4) is 0 Å². The van der Waals surface area contributed by atoms with Crippen molar-refractivity contribution in [2.24, 2.45) is 0 Å². The molecule has 1 aliphatic rings. The molecule has 0 saturated heterocycles. The number of hydrogen-bond acceptors (Lipinski definition) is 6. The van der Waals surface area contributed by atoms with Crippen molar-refractivity contribution in [3.63, 3.8) is 0 Å². The molecule has 0 bridgehead atoms. The van der Waals surface area contributed by atoms with Crippen LogP contribution in [-0.4, -0.2) is 38.5 Å². The molecule has 0 aromatic heterocycles. The van der Waals surface area contributed by atoms with Crippen molar-refractivity contribution in [1.29, 1.82) is 5.26 Å². The maximum Gasteiger partial charge on any atom is 0.321 e. The maximum absolute atomic E-state index is 12.3. The van der Waals surface area contributed by atoms with E-state index in [-0.39, 0.29) is 4.90 Å². The van der Waals surface area contributed by atoms with Gasteiger partial charge in [0.05, 0.1) is 11.0 Å². The number of nitrogens with one attached hydrogen (secondary N) is 2. The second-order valence-electron chi connectivity index (χ2n) is 7.01. The van der Waals surface area contributed by atoms with E-state index < -0.39 is 40.1 Å². The van der Waals surface area contributed by atoms with E-state index in [1.165, 1.54) is 19.1 Å². The van der Waals surface area contributed by atoms with Gasteiger partial charge < -0.3 is 10.1 Å². The minimum Gasteiger partial charge on any atom is -0.452 e. The van der Waals surface area contributed by atoms with E-state index in [0.717, 1.165) is 24.8 Å². The van der Waals surface area contributed by atoms with Gasteiger partial charge in [0, 0.05) is 0 Å². The van der Waals surface area contributed by atoms with Gasteiger partial charge in [-0.25, -0.2) is 8.42 Å². The van der Waals surface area contributed by atoms with Crippen LogP contribution in [0.2, 0.25) is 0 Å². The van der Waals surface area contributed by atoms with Crippen LogP contribution in [0.15, 0.2) is 29.2 Å². The number of nitrogens with zero attached hydrogens (tertiary/aromatic N) is 1. The van der Waals surface area contributed by atoms with Crippen LogP contribution >= 0.6 is 0 Å². The Morgan fingerprint density at radius 1 is 1.21 bits per heavy atom. The Morgan fingerprint density at radius 2 is 1.82 bits per heavy atom. The quantitative estimate of drug-likeness (QED) is 0.661. The van der Waals surface area contributed by atoms with Crippen molar-refractivity contribution in [3.8, 4) is 6.07 Å². The van der Waals surface area contributed by atoms with Gasteiger partial charge in [-0.15, -0.1) is 0 Å². The topological polar surface area (TPSA) is 125 Å². The highest BCUT2D eigenvalue weighted by Gasteiger charge is 2.35. The van der Waals surface area contributed by atoms with E-state index in [9.17, 15) is 23.3 Å². The van der Waals surface area contributed by atoms with Crippen LogP contribution < -0.4 is 10.0 Å². The number of nitriles is 1. The second kappa shape index (κ2) is 9.17. The molecule has 9 heteroatoms. The number of sulfonamides is 1. The lowest BCUT2D eigenvalue weighted by atomic mass is 9.83. The SMILES string of the molecule is Cc1ccc(S(=O)(=O)NCC(=O)O[C@H](C)C(=O)NC2(C#N)CCCCC2)cc1. The zero-order valence-electron chi connectivity index (χ0n) is 16.0. The van der Waals surface area contributed by atoms with Crippen LogP contribution in [0.4, 0.5) is 0 Å². The van der Waals surface area contributed by atoms with E-state index in [2.05, 4.69) is 16.1 Å². The summed E-state index contributed by atoms with van der Waals surface area (Å²) in [5.74, 6) is -1.45. The van der Waals surface area contributed by atoms with Gasteiger partial charge in [0.15, 0.2) is 6.10 Å². The maximum atomic E-state index is 12.3. The molecule has 8 nitrogen and oxygen atoms in total. The van der Waals surface area contributed by atoms with Crippen LogP contribution in [0.5, 0.6) is 0 Å². The fourth-order valence-corrected chi connectivity index (χ4v) is 3.97. The largest absolute Gasteiger partial charge is 0.452 e. The average molecular weight is 407 g/mol. The molecule has 28 heavy (non-hydrogen) atoms. The first-order valence-corrected chi connectivity index (χ1v) is 10.6. The molecule has 1 atom stereocenters. The Morgan fingerprint density at radius 3 is 2.39 bits per heavy atom. The Balaban J connectivity index is 1.87. The molecule has 0 aliphatic heterocycles. The highest BCUT2D eigenvalue weighted by atomic mass is 32.2. The van der Waals surface area contributed by atoms with Crippen molar-refractivity contribution < 1.29 is 22.7 Å². The Kier molecular flexibility index (Phi) is 7.16. The predicted octanol–water partition coefficient (Wildman–Crippen LogP) is 1.55. The fraction of sp³-hybridized carbons (Fsp3) is 0.526. The number of aryl methyl sites for hydroxylation is 1. The Hall–Kier alpha value is -2.44. The van der Waals surface area contributed by atoms with Crippen molar-refractivity contribution >= 4 is 21.9 Å². The van der Waals surface area contributed by atoms with E-state index >= 15 is 0 Å². The van der Waals surface area contributed by atoms with E-state index in [1.54, 1.807) is 12.1 Å². The molecule has 1 saturated carbocycles. The Labute approximate surface area is 165 Å². The molecule has 1 fully saturated rings. The third-order valence-corrected chi connectivity index (χ3v) is 6.12. The highest BCUT2D eigenvalue weighted by Crippen LogP contribution is 2.27. The second-order valence-corrected chi connectivity index (χ2v) is 8.78. The summed E-state index contributed by atoms with van der Waals surface area (Å²) in [6, 6.07) is 8.33. The van der Waals surface area contributed by atoms with Crippen LogP contribution in [0.1, 0.15) is 44.6 Å². The molecule has 1 amide bonds. The summed E-state index contributed by atoms with van der Waals surface area (Å²) in [7, 11) is -3.86. The average Bonchev–Trinajstić information content (AvgIpc) is 2.67. The molecule has 0 radical (unpaired) electrons. The van der Waals surface area contributed by atoms with Crippen LogP contribution in [-0.2, 0) is 24.3 Å². The van der Waals surface area contributed by atoms with Crippen LogP contribution in [0, 0.1) is 18.3 Å². The van der Waals surface area contributed by atoms with Crippen LogP contribution in [0.25, 0.3) is 0 Å². The molecule has 1 aromatic rings. The third-order valence-electron chi connectivity index (χ3n) is 4.70. The predicted molar refractivity (Wildman–Crippen MR) is 101 cm³/mol. The van der Waals surface area contributed by atoms with E-state index in [1.807, 2.05) is 6.92 Å². The zero-order valence-corrected chi connectivity index (χ0v) is 16.8. The number of carbonyl (C=O) groups is 2. The van der Waals surface area contributed by atoms with Gasteiger partial charge in [-0.3, -0.25) is 9.59 Å². The van der Waals surface area contributed by atoms with Crippen molar-refractivity contribution in [2.45, 2.75) is 62.5 Å². The lowest BCUT2D eigenvalue weighted by Crippen LogP contribution is -2.52. The van der Waals surface area contributed by atoms with Gasteiger partial charge in [0.25, 0.3) is 5.91 Å². The standard InChI is InChI=1S/C19H25N3O5S/c1-14-6-8-16(9-7-14)28(25,26)21-12-17(23)27-15(2)18(24)22-19(13-20)10-4-3-5-11-19/h6-9,15,21H,3-5,10-12H2,1-2H3,(H,22,24)/t15-/m1/s1. The van der Waals surface area contributed by atoms with E-state index in [4.69, 9.17) is 4.74 Å².